The smallest absolute Gasteiger partial charge is 0.265 e. The van der Waals surface area contributed by atoms with Crippen molar-refractivity contribution in [2.24, 2.45) is 0 Å². The average Bonchev–Trinajstić information content (AvgIpc) is 2.94. The molecule has 37 heavy (non-hydrogen) atoms. The fourth-order valence-corrected chi connectivity index (χ4v) is 4.61. The molecule has 184 valence electrons. The van der Waals surface area contributed by atoms with Gasteiger partial charge in [-0.1, -0.05) is 72.8 Å². The highest BCUT2D eigenvalue weighted by Gasteiger charge is 2.18. The van der Waals surface area contributed by atoms with Crippen LogP contribution in [0.15, 0.2) is 114 Å². The summed E-state index contributed by atoms with van der Waals surface area (Å²) in [6.07, 6.45) is 2.29. The molecule has 0 fully saturated rings. The van der Waals surface area contributed by atoms with Crippen molar-refractivity contribution in [2.75, 3.05) is 6.54 Å². The van der Waals surface area contributed by atoms with Gasteiger partial charge in [-0.3, -0.25) is 14.2 Å². The van der Waals surface area contributed by atoms with Gasteiger partial charge in [0.25, 0.3) is 11.5 Å². The minimum absolute atomic E-state index is 0.0542. The van der Waals surface area contributed by atoms with Gasteiger partial charge in [-0.2, -0.15) is 0 Å². The van der Waals surface area contributed by atoms with Crippen molar-refractivity contribution < 1.29 is 9.18 Å². The topological polar surface area (TPSA) is 64.0 Å². The highest BCUT2D eigenvalue weighted by atomic mass is 19.1. The molecule has 0 atom stereocenters. The van der Waals surface area contributed by atoms with Crippen LogP contribution >= 0.6 is 0 Å². The molecule has 0 aliphatic carbocycles. The van der Waals surface area contributed by atoms with Gasteiger partial charge < -0.3 is 5.32 Å². The first-order valence-corrected chi connectivity index (χ1v) is 12.2. The second-order valence-electron chi connectivity index (χ2n) is 8.91. The Bertz CT molecular complexity index is 1530. The molecular formula is C31H26FN3O2. The van der Waals surface area contributed by atoms with Gasteiger partial charge in [-0.25, -0.2) is 9.37 Å². The molecule has 0 radical (unpaired) electrons. The second-order valence-corrected chi connectivity index (χ2v) is 8.91. The Morgan fingerprint density at radius 1 is 0.865 bits per heavy atom. The van der Waals surface area contributed by atoms with E-state index in [2.05, 4.69) is 34.6 Å². The summed E-state index contributed by atoms with van der Waals surface area (Å²) in [4.78, 5) is 31.0. The molecule has 1 N–H and O–H groups in total. The van der Waals surface area contributed by atoms with Crippen LogP contribution in [0.3, 0.4) is 0 Å². The average molecular weight is 492 g/mol. The Kier molecular flexibility index (Phi) is 7.17. The van der Waals surface area contributed by atoms with E-state index in [0.717, 1.165) is 5.56 Å². The predicted molar refractivity (Wildman–Crippen MR) is 143 cm³/mol. The molecule has 6 heteroatoms. The number of aromatic nitrogens is 2. The minimum atomic E-state index is -0.435. The molecule has 3 aromatic carbocycles. The third kappa shape index (κ3) is 5.48. The van der Waals surface area contributed by atoms with Crippen LogP contribution in [0.1, 0.15) is 39.4 Å². The van der Waals surface area contributed by atoms with E-state index in [1.807, 2.05) is 42.5 Å². The maximum absolute atomic E-state index is 13.4. The number of carbonyl (C=O) groups is 1. The highest BCUT2D eigenvalue weighted by Crippen LogP contribution is 2.27. The highest BCUT2D eigenvalue weighted by molar-refractivity contribution is 5.96. The lowest BCUT2D eigenvalue weighted by Gasteiger charge is -2.18. The number of rotatable bonds is 8. The lowest BCUT2D eigenvalue weighted by atomic mass is 9.88. The number of halogens is 1. The summed E-state index contributed by atoms with van der Waals surface area (Å²) in [5.41, 5.74) is 3.17. The minimum Gasteiger partial charge on any atom is -0.352 e. The molecule has 2 heterocycles. The van der Waals surface area contributed by atoms with Gasteiger partial charge in [-0.05, 0) is 53.4 Å². The van der Waals surface area contributed by atoms with Gasteiger partial charge >= 0.3 is 0 Å². The van der Waals surface area contributed by atoms with Crippen molar-refractivity contribution in [2.45, 2.75) is 18.9 Å². The number of hydrogen-bond donors (Lipinski definition) is 1. The van der Waals surface area contributed by atoms with Gasteiger partial charge in [0.2, 0.25) is 0 Å². The Labute approximate surface area is 214 Å². The van der Waals surface area contributed by atoms with Gasteiger partial charge in [0.1, 0.15) is 17.0 Å². The van der Waals surface area contributed by atoms with E-state index in [9.17, 15) is 14.0 Å². The Balaban J connectivity index is 1.39. The Morgan fingerprint density at radius 2 is 1.51 bits per heavy atom. The fraction of sp³-hybridized carbons (Fsp3) is 0.129. The zero-order valence-electron chi connectivity index (χ0n) is 20.2. The van der Waals surface area contributed by atoms with Crippen LogP contribution in [0.4, 0.5) is 4.39 Å². The summed E-state index contributed by atoms with van der Waals surface area (Å²) in [7, 11) is 0. The molecule has 0 spiro atoms. The summed E-state index contributed by atoms with van der Waals surface area (Å²) in [5.74, 6) is -0.668. The molecule has 0 saturated heterocycles. The third-order valence-electron chi connectivity index (χ3n) is 6.47. The number of hydrogen-bond acceptors (Lipinski definition) is 3. The van der Waals surface area contributed by atoms with Crippen LogP contribution in [0.5, 0.6) is 0 Å². The molecular weight excluding hydrogens is 465 g/mol. The summed E-state index contributed by atoms with van der Waals surface area (Å²) in [6, 6.07) is 31.5. The van der Waals surface area contributed by atoms with E-state index < -0.39 is 11.5 Å². The van der Waals surface area contributed by atoms with E-state index in [1.54, 1.807) is 30.5 Å². The van der Waals surface area contributed by atoms with Gasteiger partial charge in [0.15, 0.2) is 0 Å². The fourth-order valence-electron chi connectivity index (χ4n) is 4.61. The number of nitrogens with zero attached hydrogens (tertiary/aromatic N) is 2. The summed E-state index contributed by atoms with van der Waals surface area (Å²) >= 11 is 0. The number of pyridine rings is 2. The Morgan fingerprint density at radius 3 is 2.16 bits per heavy atom. The zero-order chi connectivity index (χ0) is 25.6. The van der Waals surface area contributed by atoms with E-state index >= 15 is 0 Å². The van der Waals surface area contributed by atoms with Gasteiger partial charge in [-0.15, -0.1) is 0 Å². The predicted octanol–water partition coefficient (Wildman–Crippen LogP) is 5.54. The Hall–Kier alpha value is -4.58. The first-order chi connectivity index (χ1) is 18.1. The van der Waals surface area contributed by atoms with Crippen LogP contribution in [0, 0.1) is 5.82 Å². The number of amides is 1. The van der Waals surface area contributed by atoms with Crippen LogP contribution in [0.2, 0.25) is 0 Å². The van der Waals surface area contributed by atoms with Crippen LogP contribution < -0.4 is 10.9 Å². The van der Waals surface area contributed by atoms with Crippen molar-refractivity contribution in [3.05, 3.63) is 148 Å². The van der Waals surface area contributed by atoms with Gasteiger partial charge in [0, 0.05) is 24.0 Å². The summed E-state index contributed by atoms with van der Waals surface area (Å²) in [6.45, 7) is 0.577. The second kappa shape index (κ2) is 11.0. The number of benzene rings is 3. The van der Waals surface area contributed by atoms with Crippen molar-refractivity contribution in [1.29, 1.82) is 0 Å². The maximum atomic E-state index is 13.4. The quantitative estimate of drug-likeness (QED) is 0.310. The van der Waals surface area contributed by atoms with Gasteiger partial charge in [0.05, 0.1) is 6.54 Å². The van der Waals surface area contributed by atoms with Crippen LogP contribution in [0.25, 0.3) is 11.0 Å². The normalized spacial score (nSPS) is 11.1. The lowest BCUT2D eigenvalue weighted by Crippen LogP contribution is -2.34. The molecule has 5 nitrogen and oxygen atoms in total. The third-order valence-corrected chi connectivity index (χ3v) is 6.47. The number of fused-ring (bicyclic) bond motifs is 1. The molecule has 5 aromatic rings. The van der Waals surface area contributed by atoms with E-state index in [-0.39, 0.29) is 23.8 Å². The van der Waals surface area contributed by atoms with Crippen LogP contribution in [-0.4, -0.2) is 22.0 Å². The van der Waals surface area contributed by atoms with Crippen molar-refractivity contribution in [3.8, 4) is 0 Å². The molecule has 2 aromatic heterocycles. The van der Waals surface area contributed by atoms with Crippen molar-refractivity contribution in [1.82, 2.24) is 14.9 Å². The first-order valence-electron chi connectivity index (χ1n) is 12.2. The van der Waals surface area contributed by atoms with E-state index in [0.29, 0.717) is 24.0 Å². The molecule has 5 rings (SSSR count). The van der Waals surface area contributed by atoms with E-state index in [1.165, 1.54) is 27.8 Å². The molecule has 0 aliphatic rings. The largest absolute Gasteiger partial charge is 0.352 e. The molecule has 0 bridgehead atoms. The summed E-state index contributed by atoms with van der Waals surface area (Å²) in [5, 5.41) is 3.63. The number of carbonyl (C=O) groups excluding carboxylic acids is 1. The maximum Gasteiger partial charge on any atom is 0.265 e. The standard InChI is InChI=1S/C31H26FN3O2/c32-26-15-13-22(14-16-26)21-35-29-25(12-7-18-33-29)20-28(31(35)37)30(36)34-19-17-27(23-8-3-1-4-9-23)24-10-5-2-6-11-24/h1-16,18,20,27H,17,19,21H2,(H,34,36). The molecule has 0 aliphatic heterocycles. The first kappa shape index (κ1) is 24.1. The number of nitrogens with one attached hydrogen (secondary N) is 1. The molecule has 1 amide bonds. The molecule has 0 unspecified atom stereocenters. The SMILES string of the molecule is O=C(NCCC(c1ccccc1)c1ccccc1)c1cc2cccnc2n(Cc2ccc(F)cc2)c1=O. The van der Waals surface area contributed by atoms with Crippen molar-refractivity contribution >= 4 is 16.9 Å². The van der Waals surface area contributed by atoms with E-state index in [4.69, 9.17) is 0 Å². The van der Waals surface area contributed by atoms with Crippen LogP contribution in [-0.2, 0) is 6.54 Å². The monoisotopic (exact) mass is 491 g/mol. The van der Waals surface area contributed by atoms with Crippen molar-refractivity contribution in [3.63, 3.8) is 0 Å². The lowest BCUT2D eigenvalue weighted by molar-refractivity contribution is 0.0951. The zero-order valence-corrected chi connectivity index (χ0v) is 20.2. The summed E-state index contributed by atoms with van der Waals surface area (Å²) < 4.78 is 14.9. The molecule has 0 saturated carbocycles.